The zero-order valence-electron chi connectivity index (χ0n) is 9.14. The molecule has 1 nitrogen and oxygen atoms in total. The third-order valence-corrected chi connectivity index (χ3v) is 3.46. The summed E-state index contributed by atoms with van der Waals surface area (Å²) in [6, 6.07) is 19.4. The van der Waals surface area contributed by atoms with E-state index in [0.29, 0.717) is 5.92 Å². The maximum absolute atomic E-state index is 6.17. The van der Waals surface area contributed by atoms with Crippen LogP contribution in [0, 0.1) is 0 Å². The highest BCUT2D eigenvalue weighted by molar-refractivity contribution is 5.44. The minimum Gasteiger partial charge on any atom is -0.324 e. The smallest absolute Gasteiger partial charge is 0.0306 e. The minimum atomic E-state index is 0.196. The number of fused-ring (bicyclic) bond motifs is 1. The maximum Gasteiger partial charge on any atom is 0.0306 e. The Morgan fingerprint density at radius 2 is 1.44 bits per heavy atom. The number of nitrogens with two attached hydrogens (primary N) is 1. The number of hydrogen-bond donors (Lipinski definition) is 1. The van der Waals surface area contributed by atoms with Gasteiger partial charge in [0, 0.05) is 12.0 Å². The molecule has 0 aliphatic heterocycles. The lowest BCUT2D eigenvalue weighted by Crippen LogP contribution is -2.05. The van der Waals surface area contributed by atoms with Crippen molar-refractivity contribution in [2.75, 3.05) is 0 Å². The maximum atomic E-state index is 6.17. The Morgan fingerprint density at radius 1 is 0.812 bits per heavy atom. The van der Waals surface area contributed by atoms with Crippen LogP contribution in [0.5, 0.6) is 0 Å². The third-order valence-electron chi connectivity index (χ3n) is 3.46. The molecule has 0 fully saturated rings. The molecule has 0 amide bonds. The van der Waals surface area contributed by atoms with Gasteiger partial charge in [0.25, 0.3) is 0 Å². The monoisotopic (exact) mass is 209 g/mol. The molecule has 1 aliphatic rings. The Balaban J connectivity index is 2.07. The van der Waals surface area contributed by atoms with Crippen LogP contribution in [0.25, 0.3) is 0 Å². The van der Waals surface area contributed by atoms with E-state index in [-0.39, 0.29) is 6.04 Å². The molecule has 16 heavy (non-hydrogen) atoms. The quantitative estimate of drug-likeness (QED) is 0.766. The normalized spacial score (nSPS) is 23.1. The van der Waals surface area contributed by atoms with Crippen molar-refractivity contribution in [3.8, 4) is 0 Å². The number of hydrogen-bond acceptors (Lipinski definition) is 1. The average Bonchev–Trinajstić information content (AvgIpc) is 2.69. The van der Waals surface area contributed by atoms with Gasteiger partial charge in [-0.3, -0.25) is 0 Å². The summed E-state index contributed by atoms with van der Waals surface area (Å²) in [4.78, 5) is 0. The van der Waals surface area contributed by atoms with Crippen LogP contribution in [-0.4, -0.2) is 0 Å². The van der Waals surface area contributed by atoms with Crippen molar-refractivity contribution in [1.82, 2.24) is 0 Å². The minimum absolute atomic E-state index is 0.196. The van der Waals surface area contributed by atoms with Gasteiger partial charge < -0.3 is 5.73 Å². The summed E-state index contributed by atoms with van der Waals surface area (Å²) in [6.45, 7) is 0. The topological polar surface area (TPSA) is 26.0 Å². The molecule has 0 bridgehead atoms. The molecule has 2 aromatic carbocycles. The largest absolute Gasteiger partial charge is 0.324 e. The molecule has 1 heteroatoms. The van der Waals surface area contributed by atoms with Crippen LogP contribution in [0.1, 0.15) is 35.1 Å². The molecule has 1 aliphatic carbocycles. The van der Waals surface area contributed by atoms with E-state index in [4.69, 9.17) is 5.73 Å². The molecule has 0 saturated heterocycles. The average molecular weight is 209 g/mol. The zero-order valence-corrected chi connectivity index (χ0v) is 9.14. The van der Waals surface area contributed by atoms with Crippen LogP contribution >= 0.6 is 0 Å². The molecule has 2 N–H and O–H groups in total. The standard InChI is InChI=1S/C15H15N/c16-15-10-14(11-6-2-1-3-7-11)12-8-4-5-9-13(12)15/h1-9,14-15H,10,16H2/t14-,15-/m0/s1. The lowest BCUT2D eigenvalue weighted by Gasteiger charge is -2.11. The van der Waals surface area contributed by atoms with E-state index >= 15 is 0 Å². The second kappa shape index (κ2) is 3.76. The summed E-state index contributed by atoms with van der Waals surface area (Å²) in [6.07, 6.45) is 1.03. The predicted octanol–water partition coefficient (Wildman–Crippen LogP) is 3.22. The molecule has 0 radical (unpaired) electrons. The molecule has 0 saturated carbocycles. The first-order valence-corrected chi connectivity index (χ1v) is 5.75. The molecular weight excluding hydrogens is 194 g/mol. The Labute approximate surface area is 95.9 Å². The van der Waals surface area contributed by atoms with Gasteiger partial charge >= 0.3 is 0 Å². The van der Waals surface area contributed by atoms with Gasteiger partial charge in [-0.25, -0.2) is 0 Å². The van der Waals surface area contributed by atoms with Gasteiger partial charge in [0.15, 0.2) is 0 Å². The lowest BCUT2D eigenvalue weighted by molar-refractivity contribution is 0.662. The van der Waals surface area contributed by atoms with Gasteiger partial charge in [-0.1, -0.05) is 54.6 Å². The van der Waals surface area contributed by atoms with Crippen molar-refractivity contribution in [2.24, 2.45) is 5.73 Å². The van der Waals surface area contributed by atoms with E-state index < -0.39 is 0 Å². The van der Waals surface area contributed by atoms with Gasteiger partial charge in [-0.15, -0.1) is 0 Å². The van der Waals surface area contributed by atoms with Gasteiger partial charge in [-0.05, 0) is 23.1 Å². The molecule has 2 atom stereocenters. The Morgan fingerprint density at radius 3 is 2.19 bits per heavy atom. The van der Waals surface area contributed by atoms with E-state index in [1.165, 1.54) is 16.7 Å². The van der Waals surface area contributed by atoms with Crippen molar-refractivity contribution in [2.45, 2.75) is 18.4 Å². The molecule has 3 rings (SSSR count). The Kier molecular flexibility index (Phi) is 2.26. The highest BCUT2D eigenvalue weighted by Gasteiger charge is 2.28. The van der Waals surface area contributed by atoms with E-state index in [9.17, 15) is 0 Å². The first kappa shape index (κ1) is 9.61. The summed E-state index contributed by atoms with van der Waals surface area (Å²) < 4.78 is 0. The van der Waals surface area contributed by atoms with Gasteiger partial charge in [0.05, 0.1) is 0 Å². The van der Waals surface area contributed by atoms with Crippen LogP contribution in [0.3, 0.4) is 0 Å². The van der Waals surface area contributed by atoms with Crippen LogP contribution in [0.15, 0.2) is 54.6 Å². The highest BCUT2D eigenvalue weighted by atomic mass is 14.7. The summed E-state index contributed by atoms with van der Waals surface area (Å²) in [5, 5.41) is 0. The second-order valence-electron chi connectivity index (χ2n) is 4.43. The van der Waals surface area contributed by atoms with Gasteiger partial charge in [-0.2, -0.15) is 0 Å². The van der Waals surface area contributed by atoms with E-state index in [1.807, 2.05) is 0 Å². The van der Waals surface area contributed by atoms with Crippen LogP contribution < -0.4 is 5.73 Å². The summed E-state index contributed by atoms with van der Waals surface area (Å²) in [5.74, 6) is 0.479. The van der Waals surface area contributed by atoms with Crippen molar-refractivity contribution in [3.63, 3.8) is 0 Å². The first-order valence-electron chi connectivity index (χ1n) is 5.75. The second-order valence-corrected chi connectivity index (χ2v) is 4.43. The highest BCUT2D eigenvalue weighted by Crippen LogP contribution is 2.42. The van der Waals surface area contributed by atoms with Crippen molar-refractivity contribution < 1.29 is 0 Å². The van der Waals surface area contributed by atoms with Crippen molar-refractivity contribution in [1.29, 1.82) is 0 Å². The van der Waals surface area contributed by atoms with Crippen LogP contribution in [0.4, 0.5) is 0 Å². The summed E-state index contributed by atoms with van der Waals surface area (Å²) in [7, 11) is 0. The molecule has 0 aromatic heterocycles. The molecule has 0 spiro atoms. The Bertz CT molecular complexity index is 490. The SMILES string of the molecule is N[C@H]1C[C@@H](c2ccccc2)c2ccccc21. The number of benzene rings is 2. The van der Waals surface area contributed by atoms with Crippen LogP contribution in [-0.2, 0) is 0 Å². The number of rotatable bonds is 1. The van der Waals surface area contributed by atoms with Crippen LogP contribution in [0.2, 0.25) is 0 Å². The predicted molar refractivity (Wildman–Crippen MR) is 66.3 cm³/mol. The first-order chi connectivity index (χ1) is 7.86. The fourth-order valence-electron chi connectivity index (χ4n) is 2.67. The van der Waals surface area contributed by atoms with E-state index in [1.54, 1.807) is 0 Å². The molecule has 0 heterocycles. The molecule has 80 valence electrons. The zero-order chi connectivity index (χ0) is 11.0. The fraction of sp³-hybridized carbons (Fsp3) is 0.200. The Hall–Kier alpha value is -1.60. The summed E-state index contributed by atoms with van der Waals surface area (Å²) >= 11 is 0. The van der Waals surface area contributed by atoms with Crippen molar-refractivity contribution >= 4 is 0 Å². The van der Waals surface area contributed by atoms with E-state index in [2.05, 4.69) is 54.6 Å². The molecule has 2 aromatic rings. The third kappa shape index (κ3) is 1.44. The van der Waals surface area contributed by atoms with Gasteiger partial charge in [0.1, 0.15) is 0 Å². The van der Waals surface area contributed by atoms with Gasteiger partial charge in [0.2, 0.25) is 0 Å². The summed E-state index contributed by atoms with van der Waals surface area (Å²) in [5.41, 5.74) is 10.3. The molecule has 0 unspecified atom stereocenters. The van der Waals surface area contributed by atoms with Crippen molar-refractivity contribution in [3.05, 3.63) is 71.3 Å². The fourth-order valence-corrected chi connectivity index (χ4v) is 2.67. The van der Waals surface area contributed by atoms with E-state index in [0.717, 1.165) is 6.42 Å². The molecular formula is C15H15N. The lowest BCUT2D eigenvalue weighted by atomic mass is 9.93.